The molecule has 8 heterocycles. The van der Waals surface area contributed by atoms with E-state index in [0.717, 1.165) is 141 Å². The Balaban J connectivity index is 0.000000259. The van der Waals surface area contributed by atoms with Crippen molar-refractivity contribution in [3.8, 4) is 0 Å². The van der Waals surface area contributed by atoms with E-state index in [1.165, 1.54) is 45.3 Å². The molecule has 0 spiro atoms. The second-order valence-corrected chi connectivity index (χ2v) is 45.4. The van der Waals surface area contributed by atoms with Crippen molar-refractivity contribution in [2.75, 3.05) is 109 Å². The van der Waals surface area contributed by atoms with Crippen LogP contribution in [-0.2, 0) is 26.2 Å². The van der Waals surface area contributed by atoms with E-state index in [1.807, 2.05) is 207 Å². The van der Waals surface area contributed by atoms with E-state index in [9.17, 15) is 28.8 Å². The largest absolute Gasteiger partial charge is 0.329 e. The van der Waals surface area contributed by atoms with Crippen LogP contribution in [0.25, 0.3) is 40.9 Å². The number of halogens is 10. The minimum atomic E-state index is -0.424. The third kappa shape index (κ3) is 33.2. The van der Waals surface area contributed by atoms with Gasteiger partial charge in [0.05, 0.1) is 94.8 Å². The normalized spacial score (nSPS) is 12.0. The van der Waals surface area contributed by atoms with Crippen LogP contribution in [0.4, 0.5) is 0 Å². The minimum absolute atomic E-state index is 0. The Morgan fingerprint density at radius 2 is 0.737 bits per heavy atom. The van der Waals surface area contributed by atoms with Crippen molar-refractivity contribution in [2.45, 2.75) is 125 Å². The van der Waals surface area contributed by atoms with Gasteiger partial charge in [-0.2, -0.15) is 0 Å². The number of nitrogens with one attached hydrogen (secondary N) is 2. The standard InChI is InChI=1S/C27H27Br3N4O2S.C20H24Br2N4OS.C20H25BrN4OS.C16H14Br2N2OS.C7H4BrClO.C4H12N2.3CH4/c1-4-20(33(15-14-32(2)3)26(35)18-10-12-19(28)13-11-18)24-31-25-21(22(29)23(30)37-25)27(36)34(24)16-17-8-6-5-7-9-17;1-4-14(23-10-11-25(2)3)18-24-19-15(16(21)17(22)28-19)20(27)26(18)12-13-8-6-5-7-9-13;1-4-16(22-10-11-24(2)3)18-23-19-15(12-17(21)27-19)20(26)25(18)13-14-8-6-5-7-9-14;1-2-12(17)14-19-15-11(8-13(18)22-15)16(21)20(14)9-10-6-4-3-5-7-10;8-6-3-1-5(2-4-6)7(9)10;1-6(2)4-3-5;;;/h5-13,20H,4,14-16H2,1-3H3;5-9,14,23H,4,10-12H2,1-3H3;5-9,12,16,22H,4,10-11,13H2,1-3H3;3-8,12H,2,9H2,1H3;1-4H;3-5H2,1-2H3;3*1H4. The van der Waals surface area contributed by atoms with Gasteiger partial charge in [-0.15, -0.1) is 45.3 Å². The first-order valence-corrected chi connectivity index (χ1v) is 52.8. The average molecular weight is 2490 g/mol. The number of benzene rings is 6. The maximum absolute atomic E-state index is 13.9. The van der Waals surface area contributed by atoms with Crippen molar-refractivity contribution in [3.05, 3.63) is 313 Å². The van der Waals surface area contributed by atoms with E-state index in [-0.39, 0.29) is 67.3 Å². The van der Waals surface area contributed by atoms with E-state index in [4.69, 9.17) is 37.3 Å². The topological polar surface area (TPSA) is 240 Å². The molecule has 716 valence electrons. The van der Waals surface area contributed by atoms with E-state index >= 15 is 0 Å². The summed E-state index contributed by atoms with van der Waals surface area (Å²) in [5.74, 6) is 2.90. The van der Waals surface area contributed by atoms with E-state index in [0.29, 0.717) is 93.5 Å². The van der Waals surface area contributed by atoms with Crippen molar-refractivity contribution < 1.29 is 9.59 Å². The highest BCUT2D eigenvalue weighted by molar-refractivity contribution is 9.14. The number of alkyl halides is 1. The SMILES string of the molecule is C.C.C.CCC(Br)c1nc2sc(Br)cc2c(=O)n1Cc1ccccc1.CCC(NCCN(C)C)c1nc2sc(Br)c(Br)c2c(=O)n1Cc1ccccc1.CCC(NCCN(C)C)c1nc2sc(Br)cc2c(=O)n1Cc1ccccc1.CCC(c1nc2sc(Br)c(Br)c2c(=O)n1Cc1ccccc1)N(CCN(C)C)C(=O)c1ccc(Br)cc1.CN(C)CCN.O=C(Cl)c1ccc(Br)cc1. The highest BCUT2D eigenvalue weighted by Crippen LogP contribution is 2.40. The number of carbonyl (C=O) groups excluding carboxylic acids is 2. The summed E-state index contributed by atoms with van der Waals surface area (Å²) in [5, 5.41) is 9.26. The lowest BCUT2D eigenvalue weighted by Gasteiger charge is -2.33. The summed E-state index contributed by atoms with van der Waals surface area (Å²) in [4.78, 5) is 111. The van der Waals surface area contributed by atoms with Gasteiger partial charge in [-0.25, -0.2) is 19.9 Å². The van der Waals surface area contributed by atoms with Crippen LogP contribution in [0.5, 0.6) is 0 Å². The molecule has 4 atom stereocenters. The summed E-state index contributed by atoms with van der Waals surface area (Å²) < 4.78 is 14.1. The number of amides is 1. The number of aromatic nitrogens is 8. The zero-order valence-electron chi connectivity index (χ0n) is 74.2. The summed E-state index contributed by atoms with van der Waals surface area (Å²) in [5.41, 5.74) is 10.5. The van der Waals surface area contributed by atoms with Crippen LogP contribution in [-0.4, -0.2) is 183 Å². The van der Waals surface area contributed by atoms with Gasteiger partial charge in [0.25, 0.3) is 33.4 Å². The molecule has 22 nitrogen and oxygen atoms in total. The van der Waals surface area contributed by atoms with Crippen molar-refractivity contribution in [1.82, 2.24) is 73.3 Å². The van der Waals surface area contributed by atoms with Gasteiger partial charge in [0.2, 0.25) is 0 Å². The van der Waals surface area contributed by atoms with Crippen LogP contribution < -0.4 is 38.6 Å². The molecule has 0 aliphatic rings. The average Bonchev–Trinajstić information content (AvgIpc) is 1.66. The Kier molecular flexibility index (Phi) is 50.2. The third-order valence-corrected chi connectivity index (χ3v) is 32.4. The van der Waals surface area contributed by atoms with Crippen molar-refractivity contribution in [1.29, 1.82) is 0 Å². The summed E-state index contributed by atoms with van der Waals surface area (Å²) in [6, 6.07) is 57.7. The number of hydrogen-bond donors (Lipinski definition) is 3. The number of nitrogens with zero attached hydrogens (tertiary/aromatic N) is 13. The molecule has 0 saturated carbocycles. The van der Waals surface area contributed by atoms with Crippen LogP contribution in [0.15, 0.2) is 234 Å². The lowest BCUT2D eigenvalue weighted by atomic mass is 10.1. The zero-order valence-corrected chi connectivity index (χ0v) is 92.5. The lowest BCUT2D eigenvalue weighted by molar-refractivity contribution is 0.0642. The second-order valence-electron chi connectivity index (χ2n) is 31.1. The fourth-order valence-corrected chi connectivity index (χ4v) is 21.8. The molecule has 133 heavy (non-hydrogen) atoms. The summed E-state index contributed by atoms with van der Waals surface area (Å²) in [6.45, 7) is 16.8. The molecule has 14 aromatic rings. The van der Waals surface area contributed by atoms with Crippen LogP contribution in [0, 0.1) is 0 Å². The molecule has 4 N–H and O–H groups in total. The third-order valence-electron chi connectivity index (χ3n) is 20.3. The van der Waals surface area contributed by atoms with Crippen LogP contribution in [0.1, 0.15) is 165 Å². The fourth-order valence-electron chi connectivity index (χ4n) is 13.6. The zero-order chi connectivity index (χ0) is 94.6. The Labute approximate surface area is 878 Å². The highest BCUT2D eigenvalue weighted by atomic mass is 79.9. The van der Waals surface area contributed by atoms with Gasteiger partial charge in [-0.05, 0) is 272 Å². The molecule has 1 amide bonds. The van der Waals surface area contributed by atoms with Crippen LogP contribution >= 0.6 is 200 Å². The molecule has 0 radical (unpaired) electrons. The summed E-state index contributed by atoms with van der Waals surface area (Å²) in [7, 11) is 16.2. The van der Waals surface area contributed by atoms with Gasteiger partial charge < -0.3 is 40.9 Å². The first-order chi connectivity index (χ1) is 62.2. The molecular formula is C97H118Br9ClN16O6S4. The molecule has 36 heteroatoms. The number of rotatable bonds is 32. The van der Waals surface area contributed by atoms with E-state index < -0.39 is 11.3 Å². The number of hydrogen-bond acceptors (Lipinski definition) is 21. The van der Waals surface area contributed by atoms with Crippen molar-refractivity contribution in [2.24, 2.45) is 5.73 Å². The Bertz CT molecular complexity index is 6270. The lowest BCUT2D eigenvalue weighted by Crippen LogP contribution is -2.42. The maximum atomic E-state index is 13.9. The van der Waals surface area contributed by atoms with Crippen molar-refractivity contribution in [3.63, 3.8) is 0 Å². The molecule has 6 aromatic carbocycles. The second kappa shape index (κ2) is 57.6. The van der Waals surface area contributed by atoms with Gasteiger partial charge in [0.15, 0.2) is 0 Å². The minimum Gasteiger partial charge on any atom is -0.329 e. The van der Waals surface area contributed by atoms with Gasteiger partial charge in [0.1, 0.15) is 42.6 Å². The quantitative estimate of drug-likeness (QED) is 0.0262. The van der Waals surface area contributed by atoms with Gasteiger partial charge in [-0.3, -0.25) is 47.0 Å². The predicted octanol–water partition coefficient (Wildman–Crippen LogP) is 24.8. The molecular weight excluding hydrogens is 2370 g/mol. The highest BCUT2D eigenvalue weighted by Gasteiger charge is 2.32. The molecule has 0 fully saturated rings. The Morgan fingerprint density at radius 3 is 1.07 bits per heavy atom. The Morgan fingerprint density at radius 1 is 0.406 bits per heavy atom. The molecule has 4 unspecified atom stereocenters. The summed E-state index contributed by atoms with van der Waals surface area (Å²) in [6.07, 6.45) is 3.20. The monoisotopic (exact) mass is 2480 g/mol. The molecule has 0 saturated heterocycles. The number of thiophene rings is 4. The number of nitrogens with two attached hydrogens (primary N) is 1. The molecule has 0 aliphatic heterocycles. The maximum Gasteiger partial charge on any atom is 0.263 e. The smallest absolute Gasteiger partial charge is 0.263 e. The van der Waals surface area contributed by atoms with Gasteiger partial charge in [-0.1, -0.05) is 219 Å². The van der Waals surface area contributed by atoms with E-state index in [2.05, 4.69) is 223 Å². The first kappa shape index (κ1) is 116. The molecule has 0 aliphatic carbocycles. The fraction of sp³-hybridized carbons (Fsp3) is 0.361. The summed E-state index contributed by atoms with van der Waals surface area (Å²) >= 11 is 42.6. The number of carbonyl (C=O) groups is 2. The number of likely N-dealkylation sites (N-methyl/N-ethyl adjacent to an activating group) is 4. The predicted molar refractivity (Wildman–Crippen MR) is 594 cm³/mol. The van der Waals surface area contributed by atoms with Gasteiger partial charge >= 0.3 is 0 Å². The van der Waals surface area contributed by atoms with Crippen LogP contribution in [0.3, 0.4) is 0 Å². The van der Waals surface area contributed by atoms with Crippen LogP contribution in [0.2, 0.25) is 0 Å². The van der Waals surface area contributed by atoms with Gasteiger partial charge in [0, 0.05) is 72.4 Å². The first-order valence-electron chi connectivity index (χ1n) is 41.9. The Hall–Kier alpha value is -5.85. The molecule has 0 bridgehead atoms. The molecule has 14 rings (SSSR count). The van der Waals surface area contributed by atoms with E-state index in [1.54, 1.807) is 33.4 Å². The van der Waals surface area contributed by atoms with Crippen molar-refractivity contribution >= 4 is 252 Å². The molecule has 8 aromatic heterocycles. The number of fused-ring (bicyclic) bond motifs is 4.